The maximum absolute atomic E-state index is 13.0. The molecule has 6 nitrogen and oxygen atoms in total. The Hall–Kier alpha value is -1.86. The van der Waals surface area contributed by atoms with Gasteiger partial charge in [-0.15, -0.1) is 0 Å². The highest BCUT2D eigenvalue weighted by atomic mass is 32.2. The van der Waals surface area contributed by atoms with E-state index in [-0.39, 0.29) is 16.7 Å². The van der Waals surface area contributed by atoms with Crippen LogP contribution in [0.25, 0.3) is 10.9 Å². The molecule has 0 aliphatic rings. The Morgan fingerprint density at radius 1 is 1.26 bits per heavy atom. The molecule has 1 amide bonds. The SMILES string of the molecule is CCNC(=O)[C@@H](C)Sc1nc2ccccc2c(=O)n1CCC[NH+](CC)CC. The summed E-state index contributed by atoms with van der Waals surface area (Å²) in [6, 6.07) is 7.41. The maximum atomic E-state index is 13.0. The number of nitrogens with one attached hydrogen (secondary N) is 2. The lowest BCUT2D eigenvalue weighted by molar-refractivity contribution is -0.896. The number of amides is 1. The van der Waals surface area contributed by atoms with E-state index in [1.807, 2.05) is 38.1 Å². The van der Waals surface area contributed by atoms with Crippen LogP contribution in [0.3, 0.4) is 0 Å². The molecule has 7 heteroatoms. The molecule has 0 saturated carbocycles. The standard InChI is InChI=1S/C20H30N4O2S/c1-5-21-18(25)15(4)27-20-22-17-12-9-8-11-16(17)19(26)24(20)14-10-13-23(6-2)7-3/h8-9,11-12,15H,5-7,10,13-14H2,1-4H3,(H,21,25)/p+1/t15-/m1/s1. The molecule has 0 radical (unpaired) electrons. The van der Waals surface area contributed by atoms with E-state index in [2.05, 4.69) is 19.2 Å². The zero-order valence-electron chi connectivity index (χ0n) is 16.7. The number of para-hydroxylation sites is 1. The van der Waals surface area contributed by atoms with Crippen LogP contribution < -0.4 is 15.8 Å². The zero-order chi connectivity index (χ0) is 19.8. The highest BCUT2D eigenvalue weighted by molar-refractivity contribution is 8.00. The van der Waals surface area contributed by atoms with Crippen molar-refractivity contribution >= 4 is 28.6 Å². The number of aromatic nitrogens is 2. The minimum atomic E-state index is -0.308. The van der Waals surface area contributed by atoms with Gasteiger partial charge in [0.15, 0.2) is 5.16 Å². The van der Waals surface area contributed by atoms with Gasteiger partial charge in [0.2, 0.25) is 5.91 Å². The van der Waals surface area contributed by atoms with Gasteiger partial charge in [-0.3, -0.25) is 14.2 Å². The summed E-state index contributed by atoms with van der Waals surface area (Å²) in [5, 5.41) is 3.77. The molecule has 0 bridgehead atoms. The third-order valence-electron chi connectivity index (χ3n) is 4.74. The van der Waals surface area contributed by atoms with E-state index in [9.17, 15) is 9.59 Å². The van der Waals surface area contributed by atoms with Crippen molar-refractivity contribution in [1.82, 2.24) is 14.9 Å². The lowest BCUT2D eigenvalue weighted by Crippen LogP contribution is -3.11. The molecule has 27 heavy (non-hydrogen) atoms. The van der Waals surface area contributed by atoms with E-state index in [1.165, 1.54) is 16.7 Å². The number of carbonyl (C=O) groups excluding carboxylic acids is 1. The van der Waals surface area contributed by atoms with Gasteiger partial charge in [-0.05, 0) is 39.8 Å². The highest BCUT2D eigenvalue weighted by Gasteiger charge is 2.19. The van der Waals surface area contributed by atoms with Gasteiger partial charge in [0.1, 0.15) is 0 Å². The number of benzene rings is 1. The van der Waals surface area contributed by atoms with Crippen LogP contribution in [0, 0.1) is 0 Å². The molecule has 0 unspecified atom stereocenters. The molecule has 148 valence electrons. The van der Waals surface area contributed by atoms with E-state index in [0.29, 0.717) is 29.1 Å². The van der Waals surface area contributed by atoms with Gasteiger partial charge >= 0.3 is 0 Å². The summed E-state index contributed by atoms with van der Waals surface area (Å²) in [6.45, 7) is 12.5. The molecule has 1 aromatic carbocycles. The molecule has 0 fully saturated rings. The first-order chi connectivity index (χ1) is 13.0. The summed E-state index contributed by atoms with van der Waals surface area (Å²) in [5.74, 6) is -0.0379. The predicted octanol–water partition coefficient (Wildman–Crippen LogP) is 1.33. The Labute approximate surface area is 165 Å². The van der Waals surface area contributed by atoms with Crippen molar-refractivity contribution in [2.75, 3.05) is 26.2 Å². The van der Waals surface area contributed by atoms with Crippen molar-refractivity contribution in [1.29, 1.82) is 0 Å². The average Bonchev–Trinajstić information content (AvgIpc) is 2.67. The molecule has 0 aliphatic carbocycles. The number of carbonyl (C=O) groups is 1. The van der Waals surface area contributed by atoms with E-state index in [0.717, 1.165) is 26.1 Å². The van der Waals surface area contributed by atoms with Crippen molar-refractivity contribution in [3.05, 3.63) is 34.6 Å². The monoisotopic (exact) mass is 391 g/mol. The molecular formula is C20H31N4O2S+. The van der Waals surface area contributed by atoms with Gasteiger partial charge in [0, 0.05) is 19.5 Å². The Morgan fingerprint density at radius 2 is 1.96 bits per heavy atom. The molecule has 1 aromatic heterocycles. The van der Waals surface area contributed by atoms with Crippen molar-refractivity contribution in [2.24, 2.45) is 0 Å². The van der Waals surface area contributed by atoms with Crippen LogP contribution in [0.1, 0.15) is 34.1 Å². The van der Waals surface area contributed by atoms with Gasteiger partial charge in [-0.1, -0.05) is 23.9 Å². The van der Waals surface area contributed by atoms with Crippen LogP contribution in [-0.2, 0) is 11.3 Å². The normalized spacial score (nSPS) is 12.5. The van der Waals surface area contributed by atoms with E-state index >= 15 is 0 Å². The minimum Gasteiger partial charge on any atom is -0.355 e. The van der Waals surface area contributed by atoms with Gasteiger partial charge in [-0.25, -0.2) is 4.98 Å². The summed E-state index contributed by atoms with van der Waals surface area (Å²) in [6.07, 6.45) is 0.903. The van der Waals surface area contributed by atoms with Crippen molar-refractivity contribution in [3.63, 3.8) is 0 Å². The van der Waals surface area contributed by atoms with Gasteiger partial charge < -0.3 is 10.2 Å². The van der Waals surface area contributed by atoms with Gasteiger partial charge in [-0.2, -0.15) is 0 Å². The van der Waals surface area contributed by atoms with Gasteiger partial charge in [0.25, 0.3) is 5.56 Å². The number of fused-ring (bicyclic) bond motifs is 1. The van der Waals surface area contributed by atoms with Crippen LogP contribution in [0.15, 0.2) is 34.2 Å². The third-order valence-corrected chi connectivity index (χ3v) is 5.83. The Bertz CT molecular complexity index is 817. The number of rotatable bonds is 10. The van der Waals surface area contributed by atoms with E-state index in [1.54, 1.807) is 4.57 Å². The molecule has 1 heterocycles. The summed E-state index contributed by atoms with van der Waals surface area (Å²) < 4.78 is 1.74. The molecule has 1 atom stereocenters. The van der Waals surface area contributed by atoms with Gasteiger partial charge in [0.05, 0.1) is 35.8 Å². The molecular weight excluding hydrogens is 360 g/mol. The van der Waals surface area contributed by atoms with E-state index < -0.39 is 0 Å². The fourth-order valence-electron chi connectivity index (χ4n) is 3.06. The van der Waals surface area contributed by atoms with Crippen molar-refractivity contribution in [3.8, 4) is 0 Å². The molecule has 2 rings (SSSR count). The number of quaternary nitrogens is 1. The summed E-state index contributed by atoms with van der Waals surface area (Å²) in [7, 11) is 0. The molecule has 0 aliphatic heterocycles. The van der Waals surface area contributed by atoms with Crippen molar-refractivity contribution < 1.29 is 9.69 Å². The van der Waals surface area contributed by atoms with Crippen molar-refractivity contribution in [2.45, 2.75) is 51.1 Å². The highest BCUT2D eigenvalue weighted by Crippen LogP contribution is 2.22. The summed E-state index contributed by atoms with van der Waals surface area (Å²) >= 11 is 1.35. The quantitative estimate of drug-likeness (QED) is 0.474. The Morgan fingerprint density at radius 3 is 2.63 bits per heavy atom. The largest absolute Gasteiger partial charge is 0.355 e. The van der Waals surface area contributed by atoms with Crippen LogP contribution in [-0.4, -0.2) is 46.9 Å². The Kier molecular flexibility index (Phi) is 8.31. The number of hydrogen-bond acceptors (Lipinski definition) is 4. The second-order valence-corrected chi connectivity index (χ2v) is 7.89. The average molecular weight is 392 g/mol. The van der Waals surface area contributed by atoms with Crippen LogP contribution in [0.2, 0.25) is 0 Å². The number of thioether (sulfide) groups is 1. The Balaban J connectivity index is 2.32. The predicted molar refractivity (Wildman–Crippen MR) is 112 cm³/mol. The van der Waals surface area contributed by atoms with E-state index in [4.69, 9.17) is 4.98 Å². The smallest absolute Gasteiger partial charge is 0.262 e. The lowest BCUT2D eigenvalue weighted by Gasteiger charge is -2.18. The lowest BCUT2D eigenvalue weighted by atomic mass is 10.2. The second kappa shape index (κ2) is 10.5. The number of nitrogens with zero attached hydrogens (tertiary/aromatic N) is 2. The fraction of sp³-hybridized carbons (Fsp3) is 0.550. The molecule has 2 aromatic rings. The first-order valence-corrected chi connectivity index (χ1v) is 10.7. The minimum absolute atomic E-state index is 0.0271. The molecule has 0 saturated heterocycles. The summed E-state index contributed by atoms with van der Waals surface area (Å²) in [4.78, 5) is 31.4. The van der Waals surface area contributed by atoms with Crippen LogP contribution in [0.4, 0.5) is 0 Å². The van der Waals surface area contributed by atoms with Crippen LogP contribution >= 0.6 is 11.8 Å². The number of hydrogen-bond donors (Lipinski definition) is 2. The second-order valence-electron chi connectivity index (χ2n) is 6.58. The van der Waals surface area contributed by atoms with Crippen LogP contribution in [0.5, 0.6) is 0 Å². The first-order valence-electron chi connectivity index (χ1n) is 9.79. The first kappa shape index (κ1) is 21.4. The zero-order valence-corrected chi connectivity index (χ0v) is 17.6. The molecule has 0 spiro atoms. The summed E-state index contributed by atoms with van der Waals surface area (Å²) in [5.41, 5.74) is 0.652. The molecule has 2 N–H and O–H groups in total. The topological polar surface area (TPSA) is 68.4 Å². The fourth-order valence-corrected chi connectivity index (χ4v) is 4.01. The maximum Gasteiger partial charge on any atom is 0.262 e. The third kappa shape index (κ3) is 5.56.